The molecular formula is C13H20N4O3. The predicted molar refractivity (Wildman–Crippen MR) is 72.5 cm³/mol. The van der Waals surface area contributed by atoms with Gasteiger partial charge in [0.1, 0.15) is 12.0 Å². The zero-order valence-electron chi connectivity index (χ0n) is 11.5. The average molecular weight is 280 g/mol. The van der Waals surface area contributed by atoms with Gasteiger partial charge >= 0.3 is 0 Å². The molecule has 1 aliphatic heterocycles. The molecule has 0 spiro atoms. The van der Waals surface area contributed by atoms with Crippen LogP contribution in [0.2, 0.25) is 0 Å². The van der Waals surface area contributed by atoms with Crippen LogP contribution >= 0.6 is 0 Å². The smallest absolute Gasteiger partial charge is 0.268 e. The fourth-order valence-electron chi connectivity index (χ4n) is 2.51. The van der Waals surface area contributed by atoms with Gasteiger partial charge in [-0.25, -0.2) is 5.84 Å². The minimum absolute atomic E-state index is 0.0242. The zero-order valence-corrected chi connectivity index (χ0v) is 11.5. The minimum Gasteiger partial charge on any atom is -0.467 e. The van der Waals surface area contributed by atoms with Gasteiger partial charge in [0.05, 0.1) is 18.2 Å². The Morgan fingerprint density at radius 1 is 1.50 bits per heavy atom. The molecule has 1 aliphatic rings. The third-order valence-corrected chi connectivity index (χ3v) is 3.57. The number of hydrogen-bond acceptors (Lipinski definition) is 5. The quantitative estimate of drug-likeness (QED) is 0.409. The van der Waals surface area contributed by atoms with Crippen LogP contribution in [0.4, 0.5) is 0 Å². The summed E-state index contributed by atoms with van der Waals surface area (Å²) < 4.78 is 5.36. The van der Waals surface area contributed by atoms with E-state index >= 15 is 0 Å². The minimum atomic E-state index is -0.388. The second kappa shape index (κ2) is 6.53. The summed E-state index contributed by atoms with van der Waals surface area (Å²) in [6.07, 6.45) is 4.32. The first-order chi connectivity index (χ1) is 9.65. The van der Waals surface area contributed by atoms with Crippen molar-refractivity contribution in [3.05, 3.63) is 23.7 Å². The highest BCUT2D eigenvalue weighted by molar-refractivity contribution is 5.93. The molecule has 0 bridgehead atoms. The lowest BCUT2D eigenvalue weighted by Crippen LogP contribution is -2.48. The topological polar surface area (TPSA) is 101 Å². The SMILES string of the molecule is CNC(=O)C1CCCCN1Cc1cc(C(=O)NN)co1. The van der Waals surface area contributed by atoms with E-state index < -0.39 is 0 Å². The van der Waals surface area contributed by atoms with Crippen molar-refractivity contribution in [2.45, 2.75) is 31.8 Å². The van der Waals surface area contributed by atoms with E-state index in [1.807, 2.05) is 0 Å². The van der Waals surface area contributed by atoms with Gasteiger partial charge in [-0.2, -0.15) is 0 Å². The van der Waals surface area contributed by atoms with Crippen LogP contribution in [0.15, 0.2) is 16.7 Å². The molecule has 1 saturated heterocycles. The summed E-state index contributed by atoms with van der Waals surface area (Å²) in [6, 6.07) is 1.52. The molecule has 2 amide bonds. The Morgan fingerprint density at radius 2 is 2.30 bits per heavy atom. The number of likely N-dealkylation sites (tertiary alicyclic amines) is 1. The summed E-state index contributed by atoms with van der Waals surface area (Å²) in [5.41, 5.74) is 2.44. The van der Waals surface area contributed by atoms with Crippen LogP contribution in [0.1, 0.15) is 35.4 Å². The zero-order chi connectivity index (χ0) is 14.5. The van der Waals surface area contributed by atoms with Crippen molar-refractivity contribution in [2.75, 3.05) is 13.6 Å². The molecule has 0 saturated carbocycles. The highest BCUT2D eigenvalue weighted by Gasteiger charge is 2.28. The molecule has 2 rings (SSSR count). The number of nitrogens with one attached hydrogen (secondary N) is 2. The first kappa shape index (κ1) is 14.5. The van der Waals surface area contributed by atoms with Crippen molar-refractivity contribution in [3.63, 3.8) is 0 Å². The van der Waals surface area contributed by atoms with Gasteiger partial charge in [-0.05, 0) is 25.5 Å². The number of hydrogen-bond donors (Lipinski definition) is 3. The van der Waals surface area contributed by atoms with Crippen molar-refractivity contribution in [1.82, 2.24) is 15.6 Å². The lowest BCUT2D eigenvalue weighted by molar-refractivity contribution is -0.127. The van der Waals surface area contributed by atoms with Gasteiger partial charge < -0.3 is 9.73 Å². The van der Waals surface area contributed by atoms with Crippen molar-refractivity contribution in [2.24, 2.45) is 5.84 Å². The highest BCUT2D eigenvalue weighted by atomic mass is 16.3. The van der Waals surface area contributed by atoms with E-state index in [1.165, 1.54) is 6.26 Å². The summed E-state index contributed by atoms with van der Waals surface area (Å²) in [5, 5.41) is 2.69. The molecule has 2 heterocycles. The van der Waals surface area contributed by atoms with Crippen molar-refractivity contribution in [1.29, 1.82) is 0 Å². The van der Waals surface area contributed by atoms with E-state index in [9.17, 15) is 9.59 Å². The maximum Gasteiger partial charge on any atom is 0.268 e. The van der Waals surface area contributed by atoms with Gasteiger partial charge in [-0.15, -0.1) is 0 Å². The second-order valence-corrected chi connectivity index (χ2v) is 4.87. The van der Waals surface area contributed by atoms with E-state index in [2.05, 4.69) is 15.6 Å². The third-order valence-electron chi connectivity index (χ3n) is 3.57. The first-order valence-corrected chi connectivity index (χ1v) is 6.69. The van der Waals surface area contributed by atoms with Crippen molar-refractivity contribution >= 4 is 11.8 Å². The average Bonchev–Trinajstić information content (AvgIpc) is 2.94. The largest absolute Gasteiger partial charge is 0.467 e. The standard InChI is InChI=1S/C13H20N4O3/c1-15-13(19)11-4-2-3-5-17(11)7-10-6-9(8-20-10)12(18)16-14/h6,8,11H,2-5,7,14H2,1H3,(H,15,19)(H,16,18). The van der Waals surface area contributed by atoms with Crippen molar-refractivity contribution in [3.8, 4) is 0 Å². The fraction of sp³-hybridized carbons (Fsp3) is 0.538. The molecule has 7 heteroatoms. The normalized spacial score (nSPS) is 19.6. The molecule has 4 N–H and O–H groups in total. The molecule has 0 aliphatic carbocycles. The van der Waals surface area contributed by atoms with Gasteiger partial charge in [0.2, 0.25) is 5.91 Å². The molecule has 1 aromatic rings. The van der Waals surface area contributed by atoms with Crippen LogP contribution < -0.4 is 16.6 Å². The summed E-state index contributed by atoms with van der Waals surface area (Å²) in [4.78, 5) is 25.3. The van der Waals surface area contributed by atoms with Crippen LogP contribution in [0.5, 0.6) is 0 Å². The monoisotopic (exact) mass is 280 g/mol. The molecule has 1 aromatic heterocycles. The Balaban J connectivity index is 2.05. The lowest BCUT2D eigenvalue weighted by Gasteiger charge is -2.33. The number of nitrogens with zero attached hydrogens (tertiary/aromatic N) is 1. The van der Waals surface area contributed by atoms with E-state index in [-0.39, 0.29) is 17.9 Å². The van der Waals surface area contributed by atoms with Gasteiger partial charge in [0.15, 0.2) is 0 Å². The number of likely N-dealkylation sites (N-methyl/N-ethyl adjacent to an activating group) is 1. The van der Waals surface area contributed by atoms with E-state index in [4.69, 9.17) is 10.3 Å². The number of nitrogen functional groups attached to an aromatic ring is 1. The molecule has 110 valence electrons. The molecular weight excluding hydrogens is 260 g/mol. The van der Waals surface area contributed by atoms with Crippen LogP contribution in [0, 0.1) is 0 Å². The maximum absolute atomic E-state index is 11.9. The highest BCUT2D eigenvalue weighted by Crippen LogP contribution is 2.20. The molecule has 0 aromatic carbocycles. The number of hydrazine groups is 1. The summed E-state index contributed by atoms with van der Waals surface area (Å²) >= 11 is 0. The fourth-order valence-corrected chi connectivity index (χ4v) is 2.51. The Kier molecular flexibility index (Phi) is 4.75. The molecule has 7 nitrogen and oxygen atoms in total. The first-order valence-electron chi connectivity index (χ1n) is 6.69. The van der Waals surface area contributed by atoms with Crippen LogP contribution in [0.3, 0.4) is 0 Å². The summed E-state index contributed by atoms with van der Waals surface area (Å²) in [5.74, 6) is 5.36. The molecule has 1 atom stereocenters. The van der Waals surface area contributed by atoms with Crippen LogP contribution in [-0.4, -0.2) is 36.3 Å². The molecule has 1 unspecified atom stereocenters. The second-order valence-electron chi connectivity index (χ2n) is 4.87. The van der Waals surface area contributed by atoms with Gasteiger partial charge in [0, 0.05) is 7.05 Å². The summed E-state index contributed by atoms with van der Waals surface area (Å²) in [6.45, 7) is 1.35. The third kappa shape index (κ3) is 3.17. The van der Waals surface area contributed by atoms with Crippen LogP contribution in [0.25, 0.3) is 0 Å². The number of carbonyl (C=O) groups is 2. The number of piperidine rings is 1. The van der Waals surface area contributed by atoms with Gasteiger partial charge in [0.25, 0.3) is 5.91 Å². The number of carbonyl (C=O) groups excluding carboxylic acids is 2. The Morgan fingerprint density at radius 3 is 3.00 bits per heavy atom. The maximum atomic E-state index is 11.9. The molecule has 1 fully saturated rings. The Labute approximate surface area is 117 Å². The predicted octanol–water partition coefficient (Wildman–Crippen LogP) is -0.0164. The van der Waals surface area contributed by atoms with E-state index in [0.29, 0.717) is 17.9 Å². The summed E-state index contributed by atoms with van der Waals surface area (Å²) in [7, 11) is 1.64. The number of furan rings is 1. The number of amides is 2. The Bertz CT molecular complexity index is 486. The number of nitrogens with two attached hydrogens (primary N) is 1. The Hall–Kier alpha value is -1.86. The molecule has 20 heavy (non-hydrogen) atoms. The van der Waals surface area contributed by atoms with Crippen LogP contribution in [-0.2, 0) is 11.3 Å². The van der Waals surface area contributed by atoms with E-state index in [0.717, 1.165) is 25.8 Å². The van der Waals surface area contributed by atoms with E-state index in [1.54, 1.807) is 13.1 Å². The van der Waals surface area contributed by atoms with Gasteiger partial charge in [-0.1, -0.05) is 6.42 Å². The van der Waals surface area contributed by atoms with Crippen molar-refractivity contribution < 1.29 is 14.0 Å². The number of rotatable bonds is 4. The molecule has 0 radical (unpaired) electrons. The lowest BCUT2D eigenvalue weighted by atomic mass is 10.0. The van der Waals surface area contributed by atoms with Gasteiger partial charge in [-0.3, -0.25) is 19.9 Å².